The number of nitrogens with zero attached hydrogens (tertiary/aromatic N) is 1. The molecule has 3 rings (SSSR count). The van der Waals surface area contributed by atoms with E-state index >= 15 is 0 Å². The summed E-state index contributed by atoms with van der Waals surface area (Å²) in [6.07, 6.45) is 4.56. The Balaban J connectivity index is 1.81. The van der Waals surface area contributed by atoms with Crippen molar-refractivity contribution >= 4 is 11.6 Å². The van der Waals surface area contributed by atoms with Gasteiger partial charge < -0.3 is 0 Å². The molecule has 1 aliphatic carbocycles. The molecule has 19 heavy (non-hydrogen) atoms. The zero-order chi connectivity index (χ0) is 13.2. The Hall–Kier alpha value is -1.42. The molecule has 3 N–H and O–H groups in total. The van der Waals surface area contributed by atoms with Crippen LogP contribution in [-0.2, 0) is 0 Å². The van der Waals surface area contributed by atoms with Crippen LogP contribution in [0.4, 0.5) is 0 Å². The van der Waals surface area contributed by atoms with E-state index in [9.17, 15) is 0 Å². The summed E-state index contributed by atoms with van der Waals surface area (Å²) in [4.78, 5) is 4.02. The number of halogens is 1. The molecule has 1 saturated carbocycles. The maximum atomic E-state index is 6.21. The first-order valence-electron chi connectivity index (χ1n) is 6.41. The molecule has 4 heteroatoms. The molecule has 0 saturated heterocycles. The fourth-order valence-electron chi connectivity index (χ4n) is 2.75. The second-order valence-corrected chi connectivity index (χ2v) is 5.37. The first kappa shape index (κ1) is 12.6. The number of hydrogen-bond acceptors (Lipinski definition) is 3. The summed E-state index contributed by atoms with van der Waals surface area (Å²) in [6.45, 7) is 0. The second-order valence-electron chi connectivity index (χ2n) is 4.96. The van der Waals surface area contributed by atoms with E-state index in [-0.39, 0.29) is 6.04 Å². The van der Waals surface area contributed by atoms with E-state index in [4.69, 9.17) is 17.4 Å². The van der Waals surface area contributed by atoms with Crippen LogP contribution < -0.4 is 11.3 Å². The molecule has 1 fully saturated rings. The third kappa shape index (κ3) is 2.50. The zero-order valence-corrected chi connectivity index (χ0v) is 11.2. The van der Waals surface area contributed by atoms with Gasteiger partial charge in [-0.25, -0.2) is 0 Å². The van der Waals surface area contributed by atoms with Crippen molar-refractivity contribution in [1.29, 1.82) is 0 Å². The van der Waals surface area contributed by atoms with E-state index in [0.717, 1.165) is 12.0 Å². The molecule has 1 aromatic heterocycles. The highest BCUT2D eigenvalue weighted by Gasteiger charge is 2.44. The van der Waals surface area contributed by atoms with Crippen molar-refractivity contribution in [2.45, 2.75) is 18.4 Å². The Labute approximate surface area is 117 Å². The zero-order valence-electron chi connectivity index (χ0n) is 10.5. The highest BCUT2D eigenvalue weighted by atomic mass is 35.5. The van der Waals surface area contributed by atoms with Gasteiger partial charge in [0.25, 0.3) is 0 Å². The van der Waals surface area contributed by atoms with E-state index in [2.05, 4.69) is 34.7 Å². The smallest absolute Gasteiger partial charge is 0.0637 e. The second kappa shape index (κ2) is 5.29. The lowest BCUT2D eigenvalue weighted by molar-refractivity contribution is 0.487. The van der Waals surface area contributed by atoms with Crippen LogP contribution in [0.1, 0.15) is 29.5 Å². The van der Waals surface area contributed by atoms with Crippen LogP contribution in [-0.4, -0.2) is 4.98 Å². The minimum atomic E-state index is 0.0840. The Morgan fingerprint density at radius 3 is 2.74 bits per heavy atom. The van der Waals surface area contributed by atoms with E-state index < -0.39 is 0 Å². The van der Waals surface area contributed by atoms with Gasteiger partial charge >= 0.3 is 0 Å². The van der Waals surface area contributed by atoms with E-state index in [0.29, 0.717) is 16.9 Å². The third-order valence-corrected chi connectivity index (χ3v) is 4.13. The molecular weight excluding hydrogens is 258 g/mol. The summed E-state index contributed by atoms with van der Waals surface area (Å²) in [5.41, 5.74) is 5.31. The minimum absolute atomic E-state index is 0.0840. The molecule has 1 heterocycles. The van der Waals surface area contributed by atoms with Gasteiger partial charge in [0.15, 0.2) is 0 Å². The Bertz CT molecular complexity index is 558. The molecule has 2 aromatic rings. The van der Waals surface area contributed by atoms with Gasteiger partial charge in [-0.1, -0.05) is 41.9 Å². The average molecular weight is 274 g/mol. The van der Waals surface area contributed by atoms with Gasteiger partial charge in [0, 0.05) is 12.4 Å². The lowest BCUT2D eigenvalue weighted by Crippen LogP contribution is -2.30. The van der Waals surface area contributed by atoms with Gasteiger partial charge in [0.1, 0.15) is 0 Å². The number of nitrogens with two attached hydrogens (primary N) is 1. The number of aromatic nitrogens is 1. The van der Waals surface area contributed by atoms with E-state index in [1.54, 1.807) is 12.4 Å². The number of rotatable bonds is 4. The minimum Gasteiger partial charge on any atom is -0.271 e. The maximum Gasteiger partial charge on any atom is 0.0637 e. The van der Waals surface area contributed by atoms with Crippen molar-refractivity contribution in [3.63, 3.8) is 0 Å². The van der Waals surface area contributed by atoms with Crippen LogP contribution in [0.2, 0.25) is 5.02 Å². The van der Waals surface area contributed by atoms with Gasteiger partial charge in [-0.2, -0.15) is 0 Å². The number of pyridine rings is 1. The van der Waals surface area contributed by atoms with Gasteiger partial charge in [0.05, 0.1) is 11.1 Å². The molecule has 3 nitrogen and oxygen atoms in total. The monoisotopic (exact) mass is 273 g/mol. The van der Waals surface area contributed by atoms with Gasteiger partial charge in [-0.05, 0) is 35.4 Å². The highest BCUT2D eigenvalue weighted by Crippen LogP contribution is 2.54. The number of benzene rings is 1. The molecule has 98 valence electrons. The first-order valence-corrected chi connectivity index (χ1v) is 6.79. The van der Waals surface area contributed by atoms with Crippen LogP contribution in [0.25, 0.3) is 0 Å². The van der Waals surface area contributed by atoms with Crippen molar-refractivity contribution in [3.8, 4) is 0 Å². The molecule has 0 spiro atoms. The Morgan fingerprint density at radius 2 is 2.05 bits per heavy atom. The number of hydrazine groups is 1. The first-order chi connectivity index (χ1) is 9.31. The summed E-state index contributed by atoms with van der Waals surface area (Å²) in [6, 6.07) is 12.6. The van der Waals surface area contributed by atoms with Gasteiger partial charge in [-0.15, -0.1) is 0 Å². The quantitative estimate of drug-likeness (QED) is 0.665. The normalized spacial score (nSPS) is 23.1. The largest absolute Gasteiger partial charge is 0.271 e. The number of hydrogen-bond donors (Lipinski definition) is 2. The Kier molecular flexibility index (Phi) is 3.51. The summed E-state index contributed by atoms with van der Waals surface area (Å²) in [5.74, 6) is 6.78. The highest BCUT2D eigenvalue weighted by molar-refractivity contribution is 6.31. The van der Waals surface area contributed by atoms with Crippen LogP contribution in [0.15, 0.2) is 48.8 Å². The molecular formula is C15H16ClN3. The predicted octanol–water partition coefficient (Wildman–Crippen LogP) is 3.04. The van der Waals surface area contributed by atoms with Crippen LogP contribution in [0.3, 0.4) is 0 Å². The summed E-state index contributed by atoms with van der Waals surface area (Å²) >= 11 is 6.21. The van der Waals surface area contributed by atoms with Crippen molar-refractivity contribution in [1.82, 2.24) is 10.4 Å². The van der Waals surface area contributed by atoms with Gasteiger partial charge in [-0.3, -0.25) is 16.3 Å². The summed E-state index contributed by atoms with van der Waals surface area (Å²) in [5, 5.41) is 0.671. The predicted molar refractivity (Wildman–Crippen MR) is 76.6 cm³/mol. The maximum absolute atomic E-state index is 6.21. The van der Waals surface area contributed by atoms with Crippen LogP contribution >= 0.6 is 11.6 Å². The lowest BCUT2D eigenvalue weighted by atomic mass is 10.00. The molecule has 1 aliphatic rings. The van der Waals surface area contributed by atoms with Gasteiger partial charge in [0.2, 0.25) is 0 Å². The van der Waals surface area contributed by atoms with Crippen molar-refractivity contribution in [3.05, 3.63) is 64.9 Å². The summed E-state index contributed by atoms with van der Waals surface area (Å²) in [7, 11) is 0. The molecule has 0 aliphatic heterocycles. The summed E-state index contributed by atoms with van der Waals surface area (Å²) < 4.78 is 0. The van der Waals surface area contributed by atoms with Crippen molar-refractivity contribution in [2.75, 3.05) is 0 Å². The fraction of sp³-hybridized carbons (Fsp3) is 0.267. The van der Waals surface area contributed by atoms with Crippen LogP contribution in [0.5, 0.6) is 0 Å². The number of nitrogens with one attached hydrogen (secondary N) is 1. The Morgan fingerprint density at radius 1 is 1.26 bits per heavy atom. The fourth-order valence-corrected chi connectivity index (χ4v) is 2.99. The topological polar surface area (TPSA) is 50.9 Å². The van der Waals surface area contributed by atoms with E-state index in [1.807, 2.05) is 12.1 Å². The standard InChI is InChI=1S/C15H16ClN3/c16-14-9-18-7-6-11(14)15(19-17)13-8-12(13)10-4-2-1-3-5-10/h1-7,9,12-13,15,19H,8,17H2. The third-order valence-electron chi connectivity index (χ3n) is 3.81. The van der Waals surface area contributed by atoms with Crippen molar-refractivity contribution in [2.24, 2.45) is 11.8 Å². The molecule has 3 unspecified atom stereocenters. The molecule has 0 amide bonds. The molecule has 3 atom stereocenters. The molecule has 0 bridgehead atoms. The average Bonchev–Trinajstić information content (AvgIpc) is 3.23. The lowest BCUT2D eigenvalue weighted by Gasteiger charge is -2.17. The van der Waals surface area contributed by atoms with Crippen LogP contribution in [0, 0.1) is 5.92 Å². The molecule has 1 aromatic carbocycles. The van der Waals surface area contributed by atoms with E-state index in [1.165, 1.54) is 5.56 Å². The SMILES string of the molecule is NNC(c1ccncc1Cl)C1CC1c1ccccc1. The van der Waals surface area contributed by atoms with Crippen molar-refractivity contribution < 1.29 is 0 Å². The molecule has 0 radical (unpaired) electrons.